The van der Waals surface area contributed by atoms with Crippen molar-refractivity contribution in [3.63, 3.8) is 0 Å². The molecule has 0 aliphatic heterocycles. The molecule has 4 nitrogen and oxygen atoms in total. The molecule has 0 unspecified atom stereocenters. The number of aryl methyl sites for hydroxylation is 1. The van der Waals surface area contributed by atoms with E-state index in [9.17, 15) is 0 Å². The van der Waals surface area contributed by atoms with Crippen molar-refractivity contribution in [2.75, 3.05) is 0 Å². The third-order valence-electron chi connectivity index (χ3n) is 2.17. The zero-order chi connectivity index (χ0) is 9.19. The van der Waals surface area contributed by atoms with E-state index in [2.05, 4.69) is 17.1 Å². The molecule has 1 heterocycles. The molecule has 0 aromatic carbocycles. The van der Waals surface area contributed by atoms with Crippen molar-refractivity contribution in [3.8, 4) is 0 Å². The van der Waals surface area contributed by atoms with Crippen LogP contribution in [0.1, 0.15) is 26.1 Å². The van der Waals surface area contributed by atoms with Crippen LogP contribution in [-0.2, 0) is 13.5 Å². The molecular weight excluding hydrogens is 152 g/mol. The maximum Gasteiger partial charge on any atom is 0.134 e. The molecule has 0 aliphatic carbocycles. The van der Waals surface area contributed by atoms with Crippen LogP contribution >= 0.6 is 0 Å². The maximum atomic E-state index is 6.00. The minimum absolute atomic E-state index is 0.166. The Hall–Kier alpha value is -0.900. The van der Waals surface area contributed by atoms with Gasteiger partial charge < -0.3 is 10.3 Å². The second kappa shape index (κ2) is 3.23. The monoisotopic (exact) mass is 168 g/mol. The summed E-state index contributed by atoms with van der Waals surface area (Å²) in [4.78, 5) is 0. The molecule has 1 atom stereocenters. The highest BCUT2D eigenvalue weighted by Gasteiger charge is 2.18. The van der Waals surface area contributed by atoms with Gasteiger partial charge in [-0.05, 0) is 13.3 Å². The first kappa shape index (κ1) is 9.19. The zero-order valence-electron chi connectivity index (χ0n) is 7.91. The molecule has 1 aromatic rings. The van der Waals surface area contributed by atoms with Crippen molar-refractivity contribution < 1.29 is 0 Å². The van der Waals surface area contributed by atoms with Crippen molar-refractivity contribution in [1.29, 1.82) is 0 Å². The lowest BCUT2D eigenvalue weighted by atomic mass is 9.96. The number of hydrogen-bond acceptors (Lipinski definition) is 3. The van der Waals surface area contributed by atoms with Crippen molar-refractivity contribution >= 4 is 0 Å². The van der Waals surface area contributed by atoms with Crippen LogP contribution in [0.2, 0.25) is 0 Å². The second-order valence-corrected chi connectivity index (χ2v) is 3.54. The van der Waals surface area contributed by atoms with Crippen LogP contribution in [0.3, 0.4) is 0 Å². The van der Waals surface area contributed by atoms with Crippen molar-refractivity contribution in [3.05, 3.63) is 12.2 Å². The molecule has 68 valence electrons. The van der Waals surface area contributed by atoms with Gasteiger partial charge in [0.2, 0.25) is 0 Å². The smallest absolute Gasteiger partial charge is 0.134 e. The van der Waals surface area contributed by atoms with Crippen molar-refractivity contribution in [2.45, 2.75) is 32.2 Å². The van der Waals surface area contributed by atoms with Crippen molar-refractivity contribution in [1.82, 2.24) is 14.8 Å². The molecule has 1 aromatic heterocycles. The average Bonchev–Trinajstić information content (AvgIpc) is 2.36. The summed E-state index contributed by atoms with van der Waals surface area (Å²) in [6.45, 7) is 4.11. The van der Waals surface area contributed by atoms with E-state index in [1.807, 2.05) is 18.5 Å². The minimum atomic E-state index is -0.166. The summed E-state index contributed by atoms with van der Waals surface area (Å²) in [6.07, 6.45) is 3.42. The van der Waals surface area contributed by atoms with Crippen LogP contribution in [0.5, 0.6) is 0 Å². The van der Waals surface area contributed by atoms with Crippen LogP contribution in [0.4, 0.5) is 0 Å². The van der Waals surface area contributed by atoms with Gasteiger partial charge in [-0.3, -0.25) is 0 Å². The van der Waals surface area contributed by atoms with Gasteiger partial charge in [0.25, 0.3) is 0 Å². The number of nitrogens with zero attached hydrogens (tertiary/aromatic N) is 3. The average molecular weight is 168 g/mol. The Bertz CT molecular complexity index is 251. The molecule has 1 rings (SSSR count). The fourth-order valence-corrected chi connectivity index (χ4v) is 0.953. The van der Waals surface area contributed by atoms with E-state index in [1.165, 1.54) is 0 Å². The highest BCUT2D eigenvalue weighted by molar-refractivity contribution is 4.94. The highest BCUT2D eigenvalue weighted by Crippen LogP contribution is 2.10. The summed E-state index contributed by atoms with van der Waals surface area (Å²) < 4.78 is 1.90. The largest absolute Gasteiger partial charge is 0.325 e. The number of hydrogen-bond donors (Lipinski definition) is 1. The standard InChI is InChI=1S/C8H16N4/c1-4-8(2,9)5-7-11-10-6-12(7)3/h6H,4-5,9H2,1-3H3/t8-/m1/s1. The van der Waals surface area contributed by atoms with E-state index in [0.29, 0.717) is 0 Å². The van der Waals surface area contributed by atoms with E-state index < -0.39 is 0 Å². The maximum absolute atomic E-state index is 6.00. The molecule has 2 N–H and O–H groups in total. The van der Waals surface area contributed by atoms with Crippen LogP contribution in [0.15, 0.2) is 6.33 Å². The van der Waals surface area contributed by atoms with Gasteiger partial charge >= 0.3 is 0 Å². The molecule has 0 spiro atoms. The summed E-state index contributed by atoms with van der Waals surface area (Å²) in [5.41, 5.74) is 5.83. The Labute approximate surface area is 72.8 Å². The molecule has 4 heteroatoms. The molecular formula is C8H16N4. The summed E-state index contributed by atoms with van der Waals surface area (Å²) in [7, 11) is 1.93. The van der Waals surface area contributed by atoms with Gasteiger partial charge in [0, 0.05) is 19.0 Å². The van der Waals surface area contributed by atoms with E-state index in [4.69, 9.17) is 5.73 Å². The first-order chi connectivity index (χ1) is 5.55. The minimum Gasteiger partial charge on any atom is -0.325 e. The lowest BCUT2D eigenvalue weighted by Gasteiger charge is -2.21. The van der Waals surface area contributed by atoms with Crippen LogP contribution in [0.25, 0.3) is 0 Å². The first-order valence-electron chi connectivity index (χ1n) is 4.17. The Morgan fingerprint density at radius 1 is 1.67 bits per heavy atom. The van der Waals surface area contributed by atoms with E-state index in [-0.39, 0.29) is 5.54 Å². The topological polar surface area (TPSA) is 56.7 Å². The third-order valence-corrected chi connectivity index (χ3v) is 2.17. The first-order valence-corrected chi connectivity index (χ1v) is 4.17. The van der Waals surface area contributed by atoms with Gasteiger partial charge in [-0.1, -0.05) is 6.92 Å². The number of nitrogens with two attached hydrogens (primary N) is 1. The number of rotatable bonds is 3. The predicted molar refractivity (Wildman–Crippen MR) is 47.6 cm³/mol. The fraction of sp³-hybridized carbons (Fsp3) is 0.750. The molecule has 0 aliphatic rings. The molecule has 0 amide bonds. The summed E-state index contributed by atoms with van der Waals surface area (Å²) in [5, 5.41) is 7.78. The van der Waals surface area contributed by atoms with E-state index >= 15 is 0 Å². The zero-order valence-corrected chi connectivity index (χ0v) is 7.91. The Morgan fingerprint density at radius 2 is 2.33 bits per heavy atom. The SMILES string of the molecule is CC[C@@](C)(N)Cc1nncn1C. The highest BCUT2D eigenvalue weighted by atomic mass is 15.2. The molecule has 0 fully saturated rings. The van der Waals surface area contributed by atoms with Gasteiger partial charge in [-0.25, -0.2) is 0 Å². The van der Waals surface area contributed by atoms with Crippen LogP contribution in [-0.4, -0.2) is 20.3 Å². The predicted octanol–water partition coefficient (Wildman–Crippen LogP) is 0.485. The van der Waals surface area contributed by atoms with E-state index in [1.54, 1.807) is 6.33 Å². The van der Waals surface area contributed by atoms with Gasteiger partial charge in [0.05, 0.1) is 0 Å². The Kier molecular flexibility index (Phi) is 2.47. The molecule has 0 saturated carbocycles. The van der Waals surface area contributed by atoms with Crippen molar-refractivity contribution in [2.24, 2.45) is 12.8 Å². The Balaban J connectivity index is 2.70. The summed E-state index contributed by atoms with van der Waals surface area (Å²) in [5.74, 6) is 0.946. The van der Waals surface area contributed by atoms with Gasteiger partial charge in [-0.15, -0.1) is 10.2 Å². The molecule has 0 saturated heterocycles. The quantitative estimate of drug-likeness (QED) is 0.714. The molecule has 0 bridgehead atoms. The van der Waals surface area contributed by atoms with Gasteiger partial charge in [0.15, 0.2) is 0 Å². The normalized spacial score (nSPS) is 16.0. The van der Waals surface area contributed by atoms with Crippen LogP contribution in [0, 0.1) is 0 Å². The van der Waals surface area contributed by atoms with Crippen LogP contribution < -0.4 is 5.73 Å². The van der Waals surface area contributed by atoms with E-state index in [0.717, 1.165) is 18.7 Å². The summed E-state index contributed by atoms with van der Waals surface area (Å²) >= 11 is 0. The lowest BCUT2D eigenvalue weighted by Crippen LogP contribution is -2.38. The fourth-order valence-electron chi connectivity index (χ4n) is 0.953. The summed E-state index contributed by atoms with van der Waals surface area (Å²) in [6, 6.07) is 0. The van der Waals surface area contributed by atoms with Gasteiger partial charge in [-0.2, -0.15) is 0 Å². The molecule has 12 heavy (non-hydrogen) atoms. The second-order valence-electron chi connectivity index (χ2n) is 3.54. The van der Waals surface area contributed by atoms with Gasteiger partial charge in [0.1, 0.15) is 12.2 Å². The third kappa shape index (κ3) is 2.04. The molecule has 0 radical (unpaired) electrons. The number of aromatic nitrogens is 3. The Morgan fingerprint density at radius 3 is 2.75 bits per heavy atom. The lowest BCUT2D eigenvalue weighted by molar-refractivity contribution is 0.433.